The van der Waals surface area contributed by atoms with Crippen LogP contribution in [0.1, 0.15) is 28.9 Å². The molecule has 2 aromatic heterocycles. The van der Waals surface area contributed by atoms with E-state index in [0.29, 0.717) is 29.6 Å². The summed E-state index contributed by atoms with van der Waals surface area (Å²) < 4.78 is 1.69. The molecule has 2 aliphatic rings. The molecule has 0 spiro atoms. The Balaban J connectivity index is 1.58. The summed E-state index contributed by atoms with van der Waals surface area (Å²) in [6, 6.07) is 0.194. The van der Waals surface area contributed by atoms with Gasteiger partial charge in [-0.15, -0.1) is 0 Å². The van der Waals surface area contributed by atoms with Gasteiger partial charge in [0.25, 0.3) is 5.91 Å². The zero-order chi connectivity index (χ0) is 19.7. The summed E-state index contributed by atoms with van der Waals surface area (Å²) in [6.07, 6.45) is 7.37. The molecule has 1 fully saturated rings. The second-order valence-electron chi connectivity index (χ2n) is 7.05. The number of carbonyl (C=O) groups is 1. The normalized spacial score (nSPS) is 18.4. The molecule has 1 unspecified atom stereocenters. The smallest absolute Gasteiger partial charge is 0.257 e. The molecule has 4 rings (SSSR count). The third kappa shape index (κ3) is 3.55. The Bertz CT molecular complexity index is 934. The van der Waals surface area contributed by atoms with Gasteiger partial charge in [0.05, 0.1) is 24.1 Å². The van der Waals surface area contributed by atoms with Crippen molar-refractivity contribution >= 4 is 23.4 Å². The minimum atomic E-state index is -0.168. The highest BCUT2D eigenvalue weighted by Gasteiger charge is 2.28. The van der Waals surface area contributed by atoms with Crippen LogP contribution in [0.15, 0.2) is 37.3 Å². The van der Waals surface area contributed by atoms with Gasteiger partial charge in [-0.3, -0.25) is 9.48 Å². The molecule has 2 aromatic rings. The van der Waals surface area contributed by atoms with Gasteiger partial charge in [-0.2, -0.15) is 10.1 Å². The van der Waals surface area contributed by atoms with E-state index < -0.39 is 0 Å². The molecular formula is C19H24N8O. The van der Waals surface area contributed by atoms with E-state index in [4.69, 9.17) is 0 Å². The van der Waals surface area contributed by atoms with Gasteiger partial charge < -0.3 is 20.9 Å². The van der Waals surface area contributed by atoms with Crippen LogP contribution in [0.5, 0.6) is 0 Å². The highest BCUT2D eigenvalue weighted by atomic mass is 16.2. The van der Waals surface area contributed by atoms with Gasteiger partial charge in [-0.25, -0.2) is 4.98 Å². The van der Waals surface area contributed by atoms with E-state index in [9.17, 15) is 4.79 Å². The van der Waals surface area contributed by atoms with Crippen molar-refractivity contribution in [3.63, 3.8) is 0 Å². The molecule has 1 amide bonds. The van der Waals surface area contributed by atoms with E-state index in [2.05, 4.69) is 49.1 Å². The molecule has 4 heterocycles. The first kappa shape index (κ1) is 18.0. The lowest BCUT2D eigenvalue weighted by molar-refractivity contribution is 0.0966. The average Bonchev–Trinajstić information content (AvgIpc) is 3.27. The van der Waals surface area contributed by atoms with Crippen LogP contribution in [0.3, 0.4) is 0 Å². The molecule has 1 saturated heterocycles. The van der Waals surface area contributed by atoms with Crippen molar-refractivity contribution < 1.29 is 4.79 Å². The largest absolute Gasteiger partial charge is 0.370 e. The first-order valence-electron chi connectivity index (χ1n) is 9.31. The second kappa shape index (κ2) is 7.34. The number of nitrogens with zero attached hydrogens (tertiary/aromatic N) is 5. The van der Waals surface area contributed by atoms with Crippen molar-refractivity contribution in [2.45, 2.75) is 25.4 Å². The number of hydrogen-bond donors (Lipinski definition) is 3. The number of piperidine rings is 1. The molecule has 0 aromatic carbocycles. The molecule has 1 atom stereocenters. The molecule has 0 saturated carbocycles. The Hall–Kier alpha value is -3.36. The van der Waals surface area contributed by atoms with Crippen molar-refractivity contribution in [1.29, 1.82) is 0 Å². The zero-order valence-corrected chi connectivity index (χ0v) is 15.9. The van der Waals surface area contributed by atoms with Crippen LogP contribution < -0.4 is 16.0 Å². The van der Waals surface area contributed by atoms with Crippen LogP contribution in [0, 0.1) is 0 Å². The van der Waals surface area contributed by atoms with Crippen molar-refractivity contribution in [2.75, 3.05) is 23.7 Å². The van der Waals surface area contributed by atoms with Gasteiger partial charge >= 0.3 is 0 Å². The Morgan fingerprint density at radius 3 is 3.04 bits per heavy atom. The van der Waals surface area contributed by atoms with Crippen molar-refractivity contribution in [2.24, 2.45) is 7.05 Å². The summed E-state index contributed by atoms with van der Waals surface area (Å²) in [5, 5.41) is 13.6. The van der Waals surface area contributed by atoms with Crippen molar-refractivity contribution in [3.05, 3.63) is 48.6 Å². The molecule has 0 bridgehead atoms. The molecule has 28 heavy (non-hydrogen) atoms. The third-order valence-electron chi connectivity index (χ3n) is 4.99. The highest BCUT2D eigenvalue weighted by molar-refractivity contribution is 6.02. The molecular weight excluding hydrogens is 356 g/mol. The SMILES string of the molecule is C=CC(=C)N1CCCC(Nc2nc3c(c(Nc4cnn(C)c4)n2)C(=O)NC3)C1. The van der Waals surface area contributed by atoms with Gasteiger partial charge in [0, 0.05) is 38.1 Å². The fourth-order valence-corrected chi connectivity index (χ4v) is 3.57. The predicted molar refractivity (Wildman–Crippen MR) is 107 cm³/mol. The van der Waals surface area contributed by atoms with Crippen LogP contribution in [0.2, 0.25) is 0 Å². The number of likely N-dealkylation sites (tertiary alicyclic amines) is 1. The quantitative estimate of drug-likeness (QED) is 0.657. The molecule has 9 nitrogen and oxygen atoms in total. The Labute approximate surface area is 163 Å². The Morgan fingerprint density at radius 1 is 1.43 bits per heavy atom. The summed E-state index contributed by atoms with van der Waals surface area (Å²) >= 11 is 0. The Morgan fingerprint density at radius 2 is 2.29 bits per heavy atom. The van der Waals surface area contributed by atoms with E-state index >= 15 is 0 Å². The summed E-state index contributed by atoms with van der Waals surface area (Å²) in [5.74, 6) is 0.829. The number of aryl methyl sites for hydroxylation is 1. The van der Waals surface area contributed by atoms with Crippen LogP contribution in [-0.2, 0) is 13.6 Å². The maximum Gasteiger partial charge on any atom is 0.257 e. The van der Waals surface area contributed by atoms with Gasteiger partial charge in [0.1, 0.15) is 11.4 Å². The molecule has 3 N–H and O–H groups in total. The molecule has 2 aliphatic heterocycles. The van der Waals surface area contributed by atoms with E-state index in [1.54, 1.807) is 17.0 Å². The minimum Gasteiger partial charge on any atom is -0.370 e. The summed E-state index contributed by atoms with van der Waals surface area (Å²) in [6.45, 7) is 10.0. The predicted octanol–water partition coefficient (Wildman–Crippen LogP) is 1.77. The summed E-state index contributed by atoms with van der Waals surface area (Å²) in [4.78, 5) is 23.6. The van der Waals surface area contributed by atoms with Crippen molar-refractivity contribution in [1.82, 2.24) is 30.0 Å². The maximum absolute atomic E-state index is 12.2. The fourth-order valence-electron chi connectivity index (χ4n) is 3.57. The number of allylic oxidation sites excluding steroid dienone is 1. The lowest BCUT2D eigenvalue weighted by Crippen LogP contribution is -2.41. The summed E-state index contributed by atoms with van der Waals surface area (Å²) in [7, 11) is 1.83. The highest BCUT2D eigenvalue weighted by Crippen LogP contribution is 2.27. The zero-order valence-electron chi connectivity index (χ0n) is 15.9. The number of carbonyl (C=O) groups excluding carboxylic acids is 1. The van der Waals surface area contributed by atoms with Gasteiger partial charge in [-0.1, -0.05) is 13.2 Å². The lowest BCUT2D eigenvalue weighted by atomic mass is 10.1. The number of nitrogens with one attached hydrogen (secondary N) is 3. The van der Waals surface area contributed by atoms with Crippen LogP contribution in [0.25, 0.3) is 0 Å². The van der Waals surface area contributed by atoms with Crippen molar-refractivity contribution in [3.8, 4) is 0 Å². The Kier molecular flexibility index (Phi) is 4.72. The van der Waals surface area contributed by atoms with Crippen LogP contribution >= 0.6 is 0 Å². The van der Waals surface area contributed by atoms with E-state index in [0.717, 1.165) is 37.3 Å². The summed E-state index contributed by atoms with van der Waals surface area (Å²) in [5.41, 5.74) is 2.87. The first-order chi connectivity index (χ1) is 13.5. The maximum atomic E-state index is 12.2. The molecule has 9 heteroatoms. The third-order valence-corrected chi connectivity index (χ3v) is 4.99. The first-order valence-corrected chi connectivity index (χ1v) is 9.31. The second-order valence-corrected chi connectivity index (χ2v) is 7.05. The number of hydrogen-bond acceptors (Lipinski definition) is 7. The van der Waals surface area contributed by atoms with E-state index in [1.807, 2.05) is 13.2 Å². The van der Waals surface area contributed by atoms with E-state index in [1.165, 1.54) is 0 Å². The van der Waals surface area contributed by atoms with Gasteiger partial charge in [0.2, 0.25) is 5.95 Å². The lowest BCUT2D eigenvalue weighted by Gasteiger charge is -2.35. The van der Waals surface area contributed by atoms with Crippen LogP contribution in [0.4, 0.5) is 17.5 Å². The topological polar surface area (TPSA) is 100 Å². The number of amides is 1. The van der Waals surface area contributed by atoms with Crippen LogP contribution in [-0.4, -0.2) is 49.7 Å². The number of anilines is 3. The number of aromatic nitrogens is 4. The standard InChI is InChI=1S/C19H24N8O/c1-4-12(2)27-7-5-6-13(11-27)23-19-24-15-9-20-18(28)16(15)17(25-19)22-14-8-21-26(3)10-14/h4,8,10,13H,1-2,5-7,9,11H2,3H3,(H,20,28)(H2,22,23,24,25). The average molecular weight is 380 g/mol. The molecule has 0 aliphatic carbocycles. The number of rotatable bonds is 6. The monoisotopic (exact) mass is 380 g/mol. The molecule has 0 radical (unpaired) electrons. The molecule has 146 valence electrons. The van der Waals surface area contributed by atoms with E-state index in [-0.39, 0.29) is 11.9 Å². The fraction of sp³-hybridized carbons (Fsp3) is 0.368. The number of fused-ring (bicyclic) bond motifs is 1. The minimum absolute atomic E-state index is 0.168. The van der Waals surface area contributed by atoms with Gasteiger partial charge in [0.15, 0.2) is 0 Å². The van der Waals surface area contributed by atoms with Gasteiger partial charge in [-0.05, 0) is 18.9 Å².